The van der Waals surface area contributed by atoms with Crippen LogP contribution in [0.1, 0.15) is 29.0 Å². The molecule has 1 N–H and O–H groups in total. The van der Waals surface area contributed by atoms with Crippen molar-refractivity contribution in [3.05, 3.63) is 119 Å². The molecule has 0 unspecified atom stereocenters. The summed E-state index contributed by atoms with van der Waals surface area (Å²) < 4.78 is 2.04. The van der Waals surface area contributed by atoms with Gasteiger partial charge in [-0.1, -0.05) is 6.07 Å². The lowest BCUT2D eigenvalue weighted by Crippen LogP contribution is -2.30. The number of rotatable bonds is 6. The fourth-order valence-electron chi connectivity index (χ4n) is 4.19. The van der Waals surface area contributed by atoms with Crippen LogP contribution in [0.25, 0.3) is 5.69 Å². The first-order valence-electron chi connectivity index (χ1n) is 10.4. The number of benzene rings is 1. The smallest absolute Gasteiger partial charge is 0.269 e. The van der Waals surface area contributed by atoms with E-state index in [1.165, 1.54) is 12.1 Å². The monoisotopic (exact) mass is 456 g/mol. The number of nitrogens with zero attached hydrogens (tertiary/aromatic N) is 5. The van der Waals surface area contributed by atoms with E-state index in [4.69, 9.17) is 12.2 Å². The first-order chi connectivity index (χ1) is 16.1. The fraction of sp³-hybridized carbons (Fsp3) is 0.125. The number of thiocarbonyl (C=S) groups is 1. The Morgan fingerprint density at radius 2 is 1.79 bits per heavy atom. The Kier molecular flexibility index (Phi) is 5.54. The molecule has 2 atom stereocenters. The molecule has 0 radical (unpaired) electrons. The lowest BCUT2D eigenvalue weighted by Gasteiger charge is -2.29. The van der Waals surface area contributed by atoms with Gasteiger partial charge < -0.3 is 14.8 Å². The van der Waals surface area contributed by atoms with Gasteiger partial charge in [0.2, 0.25) is 0 Å². The highest BCUT2D eigenvalue weighted by Gasteiger charge is 2.41. The quantitative estimate of drug-likeness (QED) is 0.262. The molecule has 8 nitrogen and oxygen atoms in total. The molecule has 0 aliphatic carbocycles. The van der Waals surface area contributed by atoms with E-state index in [0.717, 1.165) is 22.6 Å². The molecule has 1 aromatic carbocycles. The third kappa shape index (κ3) is 4.06. The molecular weight excluding hydrogens is 436 g/mol. The average Bonchev–Trinajstić information content (AvgIpc) is 3.45. The second kappa shape index (κ2) is 8.79. The summed E-state index contributed by atoms with van der Waals surface area (Å²) in [6, 6.07) is 20.0. The van der Waals surface area contributed by atoms with Crippen LogP contribution in [0.15, 0.2) is 91.5 Å². The molecule has 0 bridgehead atoms. The maximum atomic E-state index is 11.1. The average molecular weight is 457 g/mol. The maximum absolute atomic E-state index is 11.1. The molecule has 0 spiro atoms. The van der Waals surface area contributed by atoms with Crippen LogP contribution >= 0.6 is 12.2 Å². The third-order valence-corrected chi connectivity index (χ3v) is 6.07. The van der Waals surface area contributed by atoms with Crippen LogP contribution < -0.4 is 5.32 Å². The van der Waals surface area contributed by atoms with Gasteiger partial charge in [0.05, 0.1) is 22.7 Å². The van der Waals surface area contributed by atoms with E-state index in [1.54, 1.807) is 30.7 Å². The number of hydrogen-bond acceptors (Lipinski definition) is 5. The van der Waals surface area contributed by atoms with Crippen molar-refractivity contribution < 1.29 is 4.92 Å². The molecule has 1 aliphatic heterocycles. The Labute approximate surface area is 195 Å². The minimum Gasteiger partial charge on any atom is -0.352 e. The van der Waals surface area contributed by atoms with E-state index in [1.807, 2.05) is 47.2 Å². The summed E-state index contributed by atoms with van der Waals surface area (Å²) in [5.74, 6) is 0. The number of non-ortho nitro benzene ring substituents is 1. The second-order valence-electron chi connectivity index (χ2n) is 7.69. The van der Waals surface area contributed by atoms with Gasteiger partial charge in [-0.25, -0.2) is 0 Å². The Morgan fingerprint density at radius 1 is 1.00 bits per heavy atom. The van der Waals surface area contributed by atoms with Crippen molar-refractivity contribution in [1.29, 1.82) is 0 Å². The van der Waals surface area contributed by atoms with Crippen molar-refractivity contribution in [1.82, 2.24) is 24.8 Å². The zero-order valence-electron chi connectivity index (χ0n) is 17.5. The molecule has 5 rings (SSSR count). The number of hydrogen-bond donors (Lipinski definition) is 1. The van der Waals surface area contributed by atoms with Crippen molar-refractivity contribution in [2.45, 2.75) is 18.6 Å². The highest BCUT2D eigenvalue weighted by molar-refractivity contribution is 7.80. The molecule has 0 amide bonds. The predicted octanol–water partition coefficient (Wildman–Crippen LogP) is 4.35. The summed E-state index contributed by atoms with van der Waals surface area (Å²) >= 11 is 5.76. The zero-order valence-corrected chi connectivity index (χ0v) is 18.3. The Balaban J connectivity index is 1.58. The van der Waals surface area contributed by atoms with Gasteiger partial charge in [-0.15, -0.1) is 0 Å². The number of nitro benzene ring substituents is 1. The molecule has 1 aliphatic rings. The summed E-state index contributed by atoms with van der Waals surface area (Å²) in [5.41, 5.74) is 3.87. The molecule has 1 fully saturated rings. The van der Waals surface area contributed by atoms with E-state index in [0.29, 0.717) is 11.7 Å². The topological polar surface area (TPSA) is 89.1 Å². The third-order valence-electron chi connectivity index (χ3n) is 5.72. The summed E-state index contributed by atoms with van der Waals surface area (Å²) in [6.45, 7) is 0.605. The number of pyridine rings is 2. The first-order valence-corrected chi connectivity index (χ1v) is 10.8. The van der Waals surface area contributed by atoms with Crippen molar-refractivity contribution in [3.63, 3.8) is 0 Å². The largest absolute Gasteiger partial charge is 0.352 e. The van der Waals surface area contributed by atoms with E-state index < -0.39 is 4.92 Å². The number of aromatic nitrogens is 3. The highest BCUT2D eigenvalue weighted by atomic mass is 32.1. The lowest BCUT2D eigenvalue weighted by molar-refractivity contribution is -0.384. The number of nitrogens with one attached hydrogen (secondary N) is 1. The van der Waals surface area contributed by atoms with Gasteiger partial charge in [-0.3, -0.25) is 20.1 Å². The van der Waals surface area contributed by atoms with E-state index in [9.17, 15) is 10.1 Å². The SMILES string of the molecule is O=[N+]([O-])c1ccc(-n2cccc2[C@@H]2[C@H](c3ccccn3)NC(=S)N2Cc2ccncc2)cc1. The van der Waals surface area contributed by atoms with Gasteiger partial charge in [0.15, 0.2) is 5.11 Å². The van der Waals surface area contributed by atoms with Crippen LogP contribution in [0, 0.1) is 10.1 Å². The minimum atomic E-state index is -0.396. The molecule has 3 aromatic heterocycles. The van der Waals surface area contributed by atoms with Gasteiger partial charge in [0.25, 0.3) is 5.69 Å². The molecule has 4 aromatic rings. The second-order valence-corrected chi connectivity index (χ2v) is 8.07. The maximum Gasteiger partial charge on any atom is 0.269 e. The first kappa shape index (κ1) is 20.8. The fourth-order valence-corrected chi connectivity index (χ4v) is 4.49. The molecular formula is C24H20N6O2S. The molecule has 9 heteroatoms. The summed E-state index contributed by atoms with van der Waals surface area (Å²) in [6.07, 6.45) is 7.27. The zero-order chi connectivity index (χ0) is 22.8. The molecule has 0 saturated carbocycles. The van der Waals surface area contributed by atoms with E-state index in [2.05, 4.69) is 26.3 Å². The highest BCUT2D eigenvalue weighted by Crippen LogP contribution is 2.40. The van der Waals surface area contributed by atoms with Crippen LogP contribution in [0.2, 0.25) is 0 Å². The molecule has 1 saturated heterocycles. The Bertz CT molecular complexity index is 1280. The van der Waals surface area contributed by atoms with Gasteiger partial charge >= 0.3 is 0 Å². The standard InChI is InChI=1S/C24H20N6O2S/c31-30(32)19-8-6-18(7-9-19)28-15-3-5-21(28)23-22(20-4-1-2-12-26-20)27-24(33)29(23)16-17-10-13-25-14-11-17/h1-15,22-23H,16H2,(H,27,33)/t22-,23+/m0/s1. The minimum absolute atomic E-state index is 0.0573. The van der Waals surface area contributed by atoms with Gasteiger partial charge in [-0.05, 0) is 66.3 Å². The summed E-state index contributed by atoms with van der Waals surface area (Å²) in [5, 5.41) is 15.2. The normalized spacial score (nSPS) is 17.7. The van der Waals surface area contributed by atoms with Crippen LogP contribution in [-0.2, 0) is 6.54 Å². The van der Waals surface area contributed by atoms with Crippen LogP contribution in [0.3, 0.4) is 0 Å². The van der Waals surface area contributed by atoms with Crippen LogP contribution in [-0.4, -0.2) is 29.5 Å². The van der Waals surface area contributed by atoms with E-state index in [-0.39, 0.29) is 17.8 Å². The van der Waals surface area contributed by atoms with Crippen molar-refractivity contribution in [3.8, 4) is 5.69 Å². The van der Waals surface area contributed by atoms with Crippen LogP contribution in [0.4, 0.5) is 5.69 Å². The van der Waals surface area contributed by atoms with Crippen molar-refractivity contribution >= 4 is 23.0 Å². The van der Waals surface area contributed by atoms with Gasteiger partial charge in [-0.2, -0.15) is 0 Å². The Hall–Kier alpha value is -4.11. The van der Waals surface area contributed by atoms with Gasteiger partial charge in [0.1, 0.15) is 0 Å². The lowest BCUT2D eigenvalue weighted by atomic mass is 10.0. The van der Waals surface area contributed by atoms with Gasteiger partial charge in [0, 0.05) is 54.8 Å². The molecule has 4 heterocycles. The Morgan fingerprint density at radius 3 is 2.48 bits per heavy atom. The predicted molar refractivity (Wildman–Crippen MR) is 128 cm³/mol. The van der Waals surface area contributed by atoms with Crippen LogP contribution in [0.5, 0.6) is 0 Å². The van der Waals surface area contributed by atoms with Crippen molar-refractivity contribution in [2.24, 2.45) is 0 Å². The molecule has 164 valence electrons. The van der Waals surface area contributed by atoms with Crippen molar-refractivity contribution in [2.75, 3.05) is 0 Å². The van der Waals surface area contributed by atoms with E-state index >= 15 is 0 Å². The number of nitro groups is 1. The molecule has 33 heavy (non-hydrogen) atoms. The summed E-state index contributed by atoms with van der Waals surface area (Å²) in [7, 11) is 0. The summed E-state index contributed by atoms with van der Waals surface area (Å²) in [4.78, 5) is 21.5.